The Labute approximate surface area is 133 Å². The molecule has 22 heavy (non-hydrogen) atoms. The number of carbonyl (C=O) groups is 1. The summed E-state index contributed by atoms with van der Waals surface area (Å²) in [7, 11) is -3.39. The lowest BCUT2D eigenvalue weighted by atomic mass is 9.67. The van der Waals surface area contributed by atoms with Crippen LogP contribution in [0.1, 0.15) is 57.8 Å². The van der Waals surface area contributed by atoms with Crippen molar-refractivity contribution < 1.29 is 13.2 Å². The Balaban J connectivity index is 1.79. The minimum Gasteiger partial charge on any atom is -0.351 e. The monoisotopic (exact) mass is 328 g/mol. The largest absolute Gasteiger partial charge is 0.351 e. The lowest BCUT2D eigenvalue weighted by Gasteiger charge is -2.46. The minimum atomic E-state index is -3.39. The third kappa shape index (κ3) is 2.68. The summed E-state index contributed by atoms with van der Waals surface area (Å²) >= 11 is 0. The first-order chi connectivity index (χ1) is 10.3. The highest BCUT2D eigenvalue weighted by atomic mass is 32.2. The summed E-state index contributed by atoms with van der Waals surface area (Å²) in [5.74, 6) is 0.596. The van der Waals surface area contributed by atoms with Gasteiger partial charge in [0.1, 0.15) is 4.75 Å². The molecule has 2 atom stereocenters. The van der Waals surface area contributed by atoms with Crippen LogP contribution in [0.5, 0.6) is 0 Å². The smallest absolute Gasteiger partial charge is 0.241 e. The molecular formula is C16H28N2O3S. The van der Waals surface area contributed by atoms with Crippen molar-refractivity contribution in [1.29, 1.82) is 0 Å². The number of nitrogens with two attached hydrogens (primary N) is 1. The molecule has 3 rings (SSSR count). The summed E-state index contributed by atoms with van der Waals surface area (Å²) in [6.45, 7) is 0. The Morgan fingerprint density at radius 2 is 1.64 bits per heavy atom. The Morgan fingerprint density at radius 3 is 2.14 bits per heavy atom. The summed E-state index contributed by atoms with van der Waals surface area (Å²) < 4.78 is 23.3. The third-order valence-electron chi connectivity index (χ3n) is 6.21. The molecule has 0 radical (unpaired) electrons. The van der Waals surface area contributed by atoms with E-state index in [1.165, 1.54) is 12.7 Å². The molecule has 0 heterocycles. The average Bonchev–Trinajstić information content (AvgIpc) is 2.90. The van der Waals surface area contributed by atoms with Crippen LogP contribution in [-0.2, 0) is 14.6 Å². The van der Waals surface area contributed by atoms with E-state index in [-0.39, 0.29) is 18.0 Å². The fourth-order valence-electron chi connectivity index (χ4n) is 5.02. The Hall–Kier alpha value is -0.620. The Kier molecular flexibility index (Phi) is 4.27. The molecule has 0 aliphatic heterocycles. The van der Waals surface area contributed by atoms with Crippen LogP contribution in [0.4, 0.5) is 0 Å². The van der Waals surface area contributed by atoms with Crippen molar-refractivity contribution in [2.45, 2.75) is 74.6 Å². The number of hydrogen-bond donors (Lipinski definition) is 2. The van der Waals surface area contributed by atoms with Crippen LogP contribution < -0.4 is 11.1 Å². The van der Waals surface area contributed by atoms with Crippen LogP contribution >= 0.6 is 0 Å². The van der Waals surface area contributed by atoms with Crippen molar-refractivity contribution in [3.05, 3.63) is 0 Å². The first-order valence-electron chi connectivity index (χ1n) is 8.60. The quantitative estimate of drug-likeness (QED) is 0.819. The van der Waals surface area contributed by atoms with Crippen LogP contribution in [0, 0.1) is 11.8 Å². The molecule has 0 aromatic heterocycles. The molecule has 3 N–H and O–H groups in total. The molecule has 3 saturated carbocycles. The molecular weight excluding hydrogens is 300 g/mol. The zero-order chi connectivity index (χ0) is 16.0. The van der Waals surface area contributed by atoms with Crippen molar-refractivity contribution in [3.63, 3.8) is 0 Å². The maximum absolute atomic E-state index is 12.9. The molecule has 126 valence electrons. The van der Waals surface area contributed by atoms with Gasteiger partial charge in [0.05, 0.1) is 0 Å². The molecule has 2 bridgehead atoms. The van der Waals surface area contributed by atoms with Gasteiger partial charge in [-0.3, -0.25) is 4.79 Å². The second kappa shape index (κ2) is 5.78. The highest BCUT2D eigenvalue weighted by Gasteiger charge is 2.51. The number of fused-ring (bicyclic) bond motifs is 2. The first kappa shape index (κ1) is 16.2. The fourth-order valence-corrected chi connectivity index (χ4v) is 6.45. The van der Waals surface area contributed by atoms with E-state index in [9.17, 15) is 13.2 Å². The molecule has 3 aliphatic rings. The van der Waals surface area contributed by atoms with E-state index in [1.54, 1.807) is 0 Å². The highest BCUT2D eigenvalue weighted by Crippen LogP contribution is 2.41. The second-order valence-corrected chi connectivity index (χ2v) is 9.98. The Morgan fingerprint density at radius 1 is 1.09 bits per heavy atom. The molecule has 6 heteroatoms. The van der Waals surface area contributed by atoms with E-state index in [4.69, 9.17) is 5.73 Å². The lowest BCUT2D eigenvalue weighted by molar-refractivity contribution is -0.125. The van der Waals surface area contributed by atoms with Crippen molar-refractivity contribution in [2.75, 3.05) is 6.26 Å². The topological polar surface area (TPSA) is 89.3 Å². The molecule has 0 saturated heterocycles. The van der Waals surface area contributed by atoms with Gasteiger partial charge in [-0.1, -0.05) is 19.3 Å². The maximum atomic E-state index is 12.9. The van der Waals surface area contributed by atoms with Gasteiger partial charge in [-0.2, -0.15) is 0 Å². The van der Waals surface area contributed by atoms with Crippen LogP contribution in [0.25, 0.3) is 0 Å². The molecule has 0 aromatic rings. The standard InChI is InChI=1S/C16H28N2O3S/c1-22(20,21)16(7-2-3-8-16)15(19)18-14-11-5-4-6-12(14)10-13(17)9-11/h11-14H,2-10,17H2,1H3,(H,18,19). The number of amides is 1. The summed E-state index contributed by atoms with van der Waals surface area (Å²) in [6.07, 6.45) is 9.11. The van der Waals surface area contributed by atoms with Crippen molar-refractivity contribution in [2.24, 2.45) is 17.6 Å². The summed E-state index contributed by atoms with van der Waals surface area (Å²) in [5, 5.41) is 3.16. The van der Waals surface area contributed by atoms with Crippen molar-refractivity contribution >= 4 is 15.7 Å². The van der Waals surface area contributed by atoms with Crippen LogP contribution in [0.15, 0.2) is 0 Å². The van der Waals surface area contributed by atoms with E-state index < -0.39 is 14.6 Å². The number of nitrogens with one attached hydrogen (secondary N) is 1. The zero-order valence-electron chi connectivity index (χ0n) is 13.4. The van der Waals surface area contributed by atoms with Crippen LogP contribution in [-0.4, -0.2) is 37.4 Å². The predicted molar refractivity (Wildman–Crippen MR) is 86.0 cm³/mol. The van der Waals surface area contributed by atoms with Crippen molar-refractivity contribution in [3.8, 4) is 0 Å². The molecule has 0 aromatic carbocycles. The van der Waals surface area contributed by atoms with Crippen LogP contribution in [0.3, 0.4) is 0 Å². The van der Waals surface area contributed by atoms with Gasteiger partial charge in [0.2, 0.25) is 5.91 Å². The van der Waals surface area contributed by atoms with Gasteiger partial charge in [-0.05, 0) is 50.4 Å². The SMILES string of the molecule is CS(=O)(=O)C1(C(=O)NC2C3CCCC2CC(N)C3)CCCC1. The van der Waals surface area contributed by atoms with E-state index in [2.05, 4.69) is 5.32 Å². The van der Waals surface area contributed by atoms with Gasteiger partial charge in [0.25, 0.3) is 0 Å². The van der Waals surface area contributed by atoms with Crippen molar-refractivity contribution in [1.82, 2.24) is 5.32 Å². The number of hydrogen-bond acceptors (Lipinski definition) is 4. The molecule has 0 spiro atoms. The second-order valence-electron chi connectivity index (χ2n) is 7.66. The van der Waals surface area contributed by atoms with Gasteiger partial charge in [0, 0.05) is 18.3 Å². The zero-order valence-corrected chi connectivity index (χ0v) is 14.2. The molecule has 2 unspecified atom stereocenters. The first-order valence-corrected chi connectivity index (χ1v) is 10.5. The average molecular weight is 328 g/mol. The van der Waals surface area contributed by atoms with E-state index in [0.29, 0.717) is 24.7 Å². The van der Waals surface area contributed by atoms with Gasteiger partial charge < -0.3 is 11.1 Å². The molecule has 1 amide bonds. The molecule has 3 aliphatic carbocycles. The van der Waals surface area contributed by atoms with E-state index >= 15 is 0 Å². The van der Waals surface area contributed by atoms with Crippen LogP contribution in [0.2, 0.25) is 0 Å². The fraction of sp³-hybridized carbons (Fsp3) is 0.938. The van der Waals surface area contributed by atoms with Gasteiger partial charge >= 0.3 is 0 Å². The normalized spacial score (nSPS) is 37.7. The van der Waals surface area contributed by atoms with Gasteiger partial charge in [-0.25, -0.2) is 8.42 Å². The lowest BCUT2D eigenvalue weighted by Crippen LogP contribution is -2.59. The number of sulfone groups is 1. The highest BCUT2D eigenvalue weighted by molar-refractivity contribution is 7.92. The maximum Gasteiger partial charge on any atom is 0.241 e. The minimum absolute atomic E-state index is 0.125. The summed E-state index contributed by atoms with van der Waals surface area (Å²) in [5.41, 5.74) is 6.13. The summed E-state index contributed by atoms with van der Waals surface area (Å²) in [6, 6.07) is 0.360. The molecule has 5 nitrogen and oxygen atoms in total. The molecule has 3 fully saturated rings. The Bertz CT molecular complexity index is 526. The van der Waals surface area contributed by atoms with E-state index in [0.717, 1.165) is 38.5 Å². The number of rotatable bonds is 3. The number of carbonyl (C=O) groups excluding carboxylic acids is 1. The van der Waals surface area contributed by atoms with Gasteiger partial charge in [-0.15, -0.1) is 0 Å². The van der Waals surface area contributed by atoms with Gasteiger partial charge in [0.15, 0.2) is 9.84 Å². The van der Waals surface area contributed by atoms with E-state index in [1.807, 2.05) is 0 Å². The summed E-state index contributed by atoms with van der Waals surface area (Å²) in [4.78, 5) is 12.9. The predicted octanol–water partition coefficient (Wildman–Crippen LogP) is 1.37. The third-order valence-corrected chi connectivity index (χ3v) is 8.22.